The third kappa shape index (κ3) is 2.82. The van der Waals surface area contributed by atoms with Gasteiger partial charge in [0.05, 0.1) is 5.56 Å². The zero-order valence-corrected chi connectivity index (χ0v) is 10.7. The molecule has 0 amide bonds. The van der Waals surface area contributed by atoms with Crippen LogP contribution in [0.1, 0.15) is 24.2 Å². The number of nitriles is 1. The lowest BCUT2D eigenvalue weighted by molar-refractivity contribution is 0.226. The third-order valence-corrected chi connectivity index (χ3v) is 2.87. The standard InChI is InChI=1S/C15H12ClNO/c1-11(12-5-3-2-4-6-12)18-15-9-14(16)8-7-13(15)10-17/h2-9,11H,1H3. The Bertz CT molecular complexity index is 575. The first-order valence-corrected chi connectivity index (χ1v) is 6.00. The molecule has 2 nitrogen and oxygen atoms in total. The van der Waals surface area contributed by atoms with Crippen LogP contribution in [-0.2, 0) is 0 Å². The van der Waals surface area contributed by atoms with E-state index in [1.165, 1.54) is 0 Å². The maximum absolute atomic E-state index is 9.02. The Morgan fingerprint density at radius 1 is 1.17 bits per heavy atom. The van der Waals surface area contributed by atoms with E-state index in [2.05, 4.69) is 6.07 Å². The van der Waals surface area contributed by atoms with E-state index in [1.807, 2.05) is 37.3 Å². The average Bonchev–Trinajstić information content (AvgIpc) is 2.40. The Kier molecular flexibility index (Phi) is 3.86. The quantitative estimate of drug-likeness (QED) is 0.819. The summed E-state index contributed by atoms with van der Waals surface area (Å²) in [5.74, 6) is 0.515. The highest BCUT2D eigenvalue weighted by Crippen LogP contribution is 2.27. The van der Waals surface area contributed by atoms with Crippen LogP contribution in [0, 0.1) is 11.3 Å². The van der Waals surface area contributed by atoms with Crippen LogP contribution < -0.4 is 4.74 Å². The molecule has 0 aliphatic rings. The van der Waals surface area contributed by atoms with Gasteiger partial charge in [-0.2, -0.15) is 5.26 Å². The Balaban J connectivity index is 2.24. The van der Waals surface area contributed by atoms with Gasteiger partial charge >= 0.3 is 0 Å². The molecular formula is C15H12ClNO. The maximum atomic E-state index is 9.02. The summed E-state index contributed by atoms with van der Waals surface area (Å²) in [5, 5.41) is 9.58. The molecule has 18 heavy (non-hydrogen) atoms. The molecule has 0 spiro atoms. The van der Waals surface area contributed by atoms with Crippen LogP contribution in [0.25, 0.3) is 0 Å². The summed E-state index contributed by atoms with van der Waals surface area (Å²) in [6.45, 7) is 1.94. The number of rotatable bonds is 3. The van der Waals surface area contributed by atoms with Crippen molar-refractivity contribution in [2.75, 3.05) is 0 Å². The SMILES string of the molecule is CC(Oc1cc(Cl)ccc1C#N)c1ccccc1. The fourth-order valence-corrected chi connectivity index (χ4v) is 1.83. The van der Waals surface area contributed by atoms with E-state index >= 15 is 0 Å². The molecule has 0 heterocycles. The first kappa shape index (κ1) is 12.5. The van der Waals surface area contributed by atoms with E-state index in [1.54, 1.807) is 18.2 Å². The van der Waals surface area contributed by atoms with E-state index in [0.717, 1.165) is 5.56 Å². The van der Waals surface area contributed by atoms with E-state index in [-0.39, 0.29) is 6.10 Å². The van der Waals surface area contributed by atoms with Crippen LogP contribution in [0.15, 0.2) is 48.5 Å². The Hall–Kier alpha value is -1.98. The lowest BCUT2D eigenvalue weighted by atomic mass is 10.1. The van der Waals surface area contributed by atoms with Crippen LogP contribution in [0.3, 0.4) is 0 Å². The molecule has 0 aromatic heterocycles. The normalized spacial score (nSPS) is 11.6. The van der Waals surface area contributed by atoms with Crippen LogP contribution >= 0.6 is 11.6 Å². The second-order valence-corrected chi connectivity index (χ2v) is 4.36. The molecule has 2 rings (SSSR count). The lowest BCUT2D eigenvalue weighted by Gasteiger charge is -2.16. The minimum atomic E-state index is -0.128. The maximum Gasteiger partial charge on any atom is 0.139 e. The van der Waals surface area contributed by atoms with Gasteiger partial charge in [0.15, 0.2) is 0 Å². The Labute approximate surface area is 111 Å². The topological polar surface area (TPSA) is 33.0 Å². The monoisotopic (exact) mass is 257 g/mol. The number of hydrogen-bond donors (Lipinski definition) is 0. The van der Waals surface area contributed by atoms with E-state index < -0.39 is 0 Å². The summed E-state index contributed by atoms with van der Waals surface area (Å²) >= 11 is 5.91. The van der Waals surface area contributed by atoms with E-state index in [0.29, 0.717) is 16.3 Å². The molecule has 0 radical (unpaired) electrons. The summed E-state index contributed by atoms with van der Waals surface area (Å²) in [5.41, 5.74) is 1.54. The molecule has 90 valence electrons. The van der Waals surface area contributed by atoms with Crippen molar-refractivity contribution in [1.82, 2.24) is 0 Å². The molecule has 3 heteroatoms. The predicted octanol–water partition coefficient (Wildman–Crippen LogP) is 4.35. The molecule has 2 aromatic carbocycles. The van der Waals surface area contributed by atoms with Crippen LogP contribution in [0.2, 0.25) is 5.02 Å². The summed E-state index contributed by atoms with van der Waals surface area (Å²) in [7, 11) is 0. The highest BCUT2D eigenvalue weighted by molar-refractivity contribution is 6.30. The molecular weight excluding hydrogens is 246 g/mol. The number of nitrogens with zero attached hydrogens (tertiary/aromatic N) is 1. The molecule has 1 unspecified atom stereocenters. The molecule has 0 aliphatic carbocycles. The summed E-state index contributed by atoms with van der Waals surface area (Å²) in [6.07, 6.45) is -0.128. The molecule has 0 aliphatic heterocycles. The minimum absolute atomic E-state index is 0.128. The minimum Gasteiger partial charge on any atom is -0.485 e. The van der Waals surface area contributed by atoms with Crippen molar-refractivity contribution in [2.45, 2.75) is 13.0 Å². The highest BCUT2D eigenvalue weighted by atomic mass is 35.5. The Morgan fingerprint density at radius 3 is 2.56 bits per heavy atom. The first-order chi connectivity index (χ1) is 8.70. The van der Waals surface area contributed by atoms with Gasteiger partial charge in [0, 0.05) is 11.1 Å². The second kappa shape index (κ2) is 5.57. The van der Waals surface area contributed by atoms with Crippen molar-refractivity contribution >= 4 is 11.6 Å². The van der Waals surface area contributed by atoms with Gasteiger partial charge in [0.25, 0.3) is 0 Å². The number of hydrogen-bond acceptors (Lipinski definition) is 2. The third-order valence-electron chi connectivity index (χ3n) is 2.64. The van der Waals surface area contributed by atoms with Gasteiger partial charge in [-0.05, 0) is 24.6 Å². The van der Waals surface area contributed by atoms with E-state index in [9.17, 15) is 0 Å². The Morgan fingerprint density at radius 2 is 1.89 bits per heavy atom. The molecule has 0 bridgehead atoms. The molecule has 0 fully saturated rings. The van der Waals surface area contributed by atoms with Gasteiger partial charge in [0.1, 0.15) is 17.9 Å². The van der Waals surface area contributed by atoms with Gasteiger partial charge in [0.2, 0.25) is 0 Å². The molecule has 2 aromatic rings. The highest BCUT2D eigenvalue weighted by Gasteiger charge is 2.10. The molecule has 1 atom stereocenters. The van der Waals surface area contributed by atoms with Gasteiger partial charge in [-0.15, -0.1) is 0 Å². The van der Waals surface area contributed by atoms with Gasteiger partial charge < -0.3 is 4.74 Å². The zero-order valence-electron chi connectivity index (χ0n) is 9.93. The molecule has 0 saturated heterocycles. The fourth-order valence-electron chi connectivity index (χ4n) is 1.67. The number of benzene rings is 2. The smallest absolute Gasteiger partial charge is 0.139 e. The second-order valence-electron chi connectivity index (χ2n) is 3.92. The predicted molar refractivity (Wildman–Crippen MR) is 71.7 cm³/mol. The van der Waals surface area contributed by atoms with Crippen molar-refractivity contribution in [3.05, 3.63) is 64.7 Å². The van der Waals surface area contributed by atoms with Crippen molar-refractivity contribution in [3.63, 3.8) is 0 Å². The zero-order chi connectivity index (χ0) is 13.0. The largest absolute Gasteiger partial charge is 0.485 e. The van der Waals surface area contributed by atoms with Gasteiger partial charge in [-0.1, -0.05) is 41.9 Å². The van der Waals surface area contributed by atoms with Gasteiger partial charge in [-0.25, -0.2) is 0 Å². The van der Waals surface area contributed by atoms with Crippen LogP contribution in [-0.4, -0.2) is 0 Å². The summed E-state index contributed by atoms with van der Waals surface area (Å²) in [6, 6.07) is 16.9. The average molecular weight is 258 g/mol. The van der Waals surface area contributed by atoms with Crippen LogP contribution in [0.4, 0.5) is 0 Å². The fraction of sp³-hybridized carbons (Fsp3) is 0.133. The summed E-state index contributed by atoms with van der Waals surface area (Å²) < 4.78 is 5.80. The van der Waals surface area contributed by atoms with Crippen molar-refractivity contribution in [1.29, 1.82) is 5.26 Å². The van der Waals surface area contributed by atoms with Crippen LogP contribution in [0.5, 0.6) is 5.75 Å². The number of ether oxygens (including phenoxy) is 1. The summed E-state index contributed by atoms with van der Waals surface area (Å²) in [4.78, 5) is 0. The molecule has 0 N–H and O–H groups in total. The first-order valence-electron chi connectivity index (χ1n) is 5.62. The van der Waals surface area contributed by atoms with Crippen molar-refractivity contribution < 1.29 is 4.74 Å². The molecule has 0 saturated carbocycles. The lowest BCUT2D eigenvalue weighted by Crippen LogP contribution is -2.04. The number of halogens is 1. The van der Waals surface area contributed by atoms with Gasteiger partial charge in [-0.3, -0.25) is 0 Å². The van der Waals surface area contributed by atoms with Crippen molar-refractivity contribution in [2.24, 2.45) is 0 Å². The van der Waals surface area contributed by atoms with E-state index in [4.69, 9.17) is 21.6 Å². The van der Waals surface area contributed by atoms with Crippen molar-refractivity contribution in [3.8, 4) is 11.8 Å².